The van der Waals surface area contributed by atoms with Crippen molar-refractivity contribution in [2.45, 2.75) is 24.1 Å². The Morgan fingerprint density at radius 1 is 1.08 bits per heavy atom. The second kappa shape index (κ2) is 7.21. The van der Waals surface area contributed by atoms with Crippen LogP contribution in [0.4, 0.5) is 0 Å². The predicted molar refractivity (Wildman–Crippen MR) is 95.2 cm³/mol. The van der Waals surface area contributed by atoms with Gasteiger partial charge in [0.05, 0.1) is 5.69 Å². The van der Waals surface area contributed by atoms with Crippen molar-refractivity contribution in [3.05, 3.63) is 65.4 Å². The summed E-state index contributed by atoms with van der Waals surface area (Å²) in [5.41, 5.74) is 2.48. The number of hydrogen-bond donors (Lipinski definition) is 1. The van der Waals surface area contributed by atoms with Gasteiger partial charge in [0.1, 0.15) is 4.21 Å². The van der Waals surface area contributed by atoms with Crippen molar-refractivity contribution >= 4 is 21.4 Å². The van der Waals surface area contributed by atoms with Gasteiger partial charge in [-0.3, -0.25) is 9.97 Å². The van der Waals surface area contributed by atoms with Crippen molar-refractivity contribution in [3.8, 4) is 11.3 Å². The molecule has 0 fully saturated rings. The molecule has 0 aliphatic carbocycles. The molecule has 0 radical (unpaired) electrons. The van der Waals surface area contributed by atoms with Crippen molar-refractivity contribution in [1.82, 2.24) is 14.7 Å². The number of aryl methyl sites for hydroxylation is 1. The minimum absolute atomic E-state index is 0.188. The molecule has 0 saturated heterocycles. The van der Waals surface area contributed by atoms with Crippen molar-refractivity contribution in [1.29, 1.82) is 0 Å². The lowest BCUT2D eigenvalue weighted by Crippen LogP contribution is -2.22. The first-order chi connectivity index (χ1) is 11.6. The average molecular weight is 359 g/mol. The highest BCUT2D eigenvalue weighted by Gasteiger charge is 2.17. The summed E-state index contributed by atoms with van der Waals surface area (Å²) < 4.78 is 27.9. The maximum Gasteiger partial charge on any atom is 0.250 e. The van der Waals surface area contributed by atoms with Crippen LogP contribution in [0.5, 0.6) is 0 Å². The summed E-state index contributed by atoms with van der Waals surface area (Å²) in [5.74, 6) is 0. The van der Waals surface area contributed by atoms with Crippen molar-refractivity contribution in [2.75, 3.05) is 0 Å². The molecular formula is C17H17N3O2S2. The van der Waals surface area contributed by atoms with E-state index in [9.17, 15) is 8.42 Å². The van der Waals surface area contributed by atoms with Gasteiger partial charge >= 0.3 is 0 Å². The van der Waals surface area contributed by atoms with Gasteiger partial charge in [-0.25, -0.2) is 13.1 Å². The summed E-state index contributed by atoms with van der Waals surface area (Å²) >= 11 is 1.30. The van der Waals surface area contributed by atoms with Crippen LogP contribution in [-0.4, -0.2) is 18.4 Å². The number of hydrogen-bond acceptors (Lipinski definition) is 5. The Hall–Kier alpha value is -2.09. The third kappa shape index (κ3) is 3.69. The molecule has 0 aromatic carbocycles. The van der Waals surface area contributed by atoms with E-state index in [1.165, 1.54) is 11.3 Å². The predicted octanol–water partition coefficient (Wildman–Crippen LogP) is 3.25. The molecule has 0 aliphatic heterocycles. The second-order valence-corrected chi connectivity index (χ2v) is 8.31. The van der Waals surface area contributed by atoms with Crippen LogP contribution < -0.4 is 4.72 Å². The van der Waals surface area contributed by atoms with Gasteiger partial charge in [-0.15, -0.1) is 11.3 Å². The summed E-state index contributed by atoms with van der Waals surface area (Å²) in [7, 11) is -3.52. The van der Waals surface area contributed by atoms with E-state index in [1.54, 1.807) is 30.7 Å². The average Bonchev–Trinajstić information content (AvgIpc) is 3.11. The van der Waals surface area contributed by atoms with Crippen LogP contribution in [0.25, 0.3) is 11.3 Å². The Morgan fingerprint density at radius 2 is 1.88 bits per heavy atom. The van der Waals surface area contributed by atoms with Crippen LogP contribution in [0, 0.1) is 0 Å². The molecule has 1 N–H and O–H groups in total. The number of aromatic nitrogens is 2. The lowest BCUT2D eigenvalue weighted by molar-refractivity contribution is 0.583. The highest BCUT2D eigenvalue weighted by molar-refractivity contribution is 7.91. The van der Waals surface area contributed by atoms with Crippen LogP contribution in [-0.2, 0) is 23.0 Å². The Morgan fingerprint density at radius 3 is 2.58 bits per heavy atom. The van der Waals surface area contributed by atoms with Gasteiger partial charge < -0.3 is 0 Å². The minimum atomic E-state index is -3.52. The number of rotatable bonds is 6. The third-order valence-electron chi connectivity index (χ3n) is 3.55. The molecule has 5 nitrogen and oxygen atoms in total. The van der Waals surface area contributed by atoms with Crippen molar-refractivity contribution in [2.24, 2.45) is 0 Å². The molecular weight excluding hydrogens is 342 g/mol. The smallest absolute Gasteiger partial charge is 0.250 e. The number of sulfonamides is 1. The fraction of sp³-hybridized carbons (Fsp3) is 0.176. The van der Waals surface area contributed by atoms with Gasteiger partial charge in [0.25, 0.3) is 0 Å². The topological polar surface area (TPSA) is 72.0 Å². The number of nitrogens with one attached hydrogen (secondary N) is 1. The summed E-state index contributed by atoms with van der Waals surface area (Å²) in [6.07, 6.45) is 5.90. The molecule has 3 rings (SSSR count). The fourth-order valence-electron chi connectivity index (χ4n) is 2.29. The molecule has 24 heavy (non-hydrogen) atoms. The standard InChI is InChI=1S/C17H17N3O2S2/c1-2-15-5-6-16(23-15)24(21,22)20-12-14-4-3-9-19-17(14)13-7-10-18-11-8-13/h3-11,20H,2,12H2,1H3. The molecule has 124 valence electrons. The number of pyridine rings is 2. The Kier molecular flexibility index (Phi) is 5.03. The van der Waals surface area contributed by atoms with Crippen LogP contribution >= 0.6 is 11.3 Å². The van der Waals surface area contributed by atoms with Gasteiger partial charge in [-0.1, -0.05) is 13.0 Å². The Bertz CT molecular complexity index is 922. The van der Waals surface area contributed by atoms with E-state index in [4.69, 9.17) is 0 Å². The van der Waals surface area contributed by atoms with E-state index in [0.29, 0.717) is 4.21 Å². The van der Waals surface area contributed by atoms with Crippen LogP contribution in [0.2, 0.25) is 0 Å². The minimum Gasteiger partial charge on any atom is -0.265 e. The van der Waals surface area contributed by atoms with Gasteiger partial charge in [0.2, 0.25) is 10.0 Å². The first kappa shape index (κ1) is 16.8. The lowest BCUT2D eigenvalue weighted by Gasteiger charge is -2.09. The molecule has 0 saturated carbocycles. The first-order valence-corrected chi connectivity index (χ1v) is 9.83. The zero-order valence-electron chi connectivity index (χ0n) is 13.1. The number of thiophene rings is 1. The van der Waals surface area contributed by atoms with E-state index in [0.717, 1.165) is 28.1 Å². The second-order valence-electron chi connectivity index (χ2n) is 5.15. The van der Waals surface area contributed by atoms with E-state index < -0.39 is 10.0 Å². The Balaban J connectivity index is 1.82. The van der Waals surface area contributed by atoms with E-state index in [-0.39, 0.29) is 6.54 Å². The molecule has 0 aliphatic rings. The number of nitrogens with zero attached hydrogens (tertiary/aromatic N) is 2. The van der Waals surface area contributed by atoms with Gasteiger partial charge in [0, 0.05) is 35.6 Å². The molecule has 3 aromatic heterocycles. The highest BCUT2D eigenvalue weighted by Crippen LogP contribution is 2.23. The zero-order chi connectivity index (χ0) is 17.0. The first-order valence-electron chi connectivity index (χ1n) is 7.53. The maximum absolute atomic E-state index is 12.5. The van der Waals surface area contributed by atoms with Crippen LogP contribution in [0.15, 0.2) is 59.2 Å². The van der Waals surface area contributed by atoms with Gasteiger partial charge in [-0.2, -0.15) is 0 Å². The maximum atomic E-state index is 12.5. The van der Waals surface area contributed by atoms with E-state index in [2.05, 4.69) is 14.7 Å². The fourth-order valence-corrected chi connectivity index (χ4v) is 4.63. The largest absolute Gasteiger partial charge is 0.265 e. The van der Waals surface area contributed by atoms with E-state index in [1.807, 2.05) is 31.2 Å². The lowest BCUT2D eigenvalue weighted by atomic mass is 10.1. The van der Waals surface area contributed by atoms with Gasteiger partial charge in [-0.05, 0) is 42.3 Å². The SMILES string of the molecule is CCc1ccc(S(=O)(=O)NCc2cccnc2-c2ccncc2)s1. The molecule has 0 atom stereocenters. The molecule has 3 heterocycles. The third-order valence-corrected chi connectivity index (χ3v) is 6.67. The van der Waals surface area contributed by atoms with Crippen molar-refractivity contribution < 1.29 is 8.42 Å². The quantitative estimate of drug-likeness (QED) is 0.733. The molecule has 0 amide bonds. The molecule has 0 spiro atoms. The summed E-state index contributed by atoms with van der Waals surface area (Å²) in [6, 6.07) is 10.9. The summed E-state index contributed by atoms with van der Waals surface area (Å²) in [4.78, 5) is 9.43. The molecule has 7 heteroatoms. The van der Waals surface area contributed by atoms with Gasteiger partial charge in [0.15, 0.2) is 0 Å². The normalized spacial score (nSPS) is 11.5. The van der Waals surface area contributed by atoms with Crippen LogP contribution in [0.3, 0.4) is 0 Å². The summed E-state index contributed by atoms with van der Waals surface area (Å²) in [5, 5.41) is 0. The van der Waals surface area contributed by atoms with Crippen molar-refractivity contribution in [3.63, 3.8) is 0 Å². The molecule has 3 aromatic rings. The zero-order valence-corrected chi connectivity index (χ0v) is 14.8. The molecule has 0 bridgehead atoms. The monoisotopic (exact) mass is 359 g/mol. The Labute approximate surface area is 145 Å². The summed E-state index contributed by atoms with van der Waals surface area (Å²) in [6.45, 7) is 2.19. The van der Waals surface area contributed by atoms with E-state index >= 15 is 0 Å². The van der Waals surface area contributed by atoms with Crippen LogP contribution in [0.1, 0.15) is 17.4 Å². The molecule has 0 unspecified atom stereocenters. The highest BCUT2D eigenvalue weighted by atomic mass is 32.2.